The molecule has 0 bridgehead atoms. The number of nitrogens with one attached hydrogen (secondary N) is 1. The van der Waals surface area contributed by atoms with Gasteiger partial charge in [0, 0.05) is 12.2 Å². The lowest BCUT2D eigenvalue weighted by atomic mass is 10.2. The topological polar surface area (TPSA) is 45.1 Å². The Morgan fingerprint density at radius 2 is 2.27 bits per heavy atom. The zero-order valence-corrected chi connectivity index (χ0v) is 9.16. The highest BCUT2D eigenvalue weighted by atomic mass is 16.3. The standard InChI is InChI=1S/C12H18N2O/c1-9-2-5-12(15)11(14-9)8-13-7-6-10-3-4-10/h2,5,10,13,15H,3-4,6-8H2,1H3. The fourth-order valence-electron chi connectivity index (χ4n) is 1.65. The van der Waals surface area contributed by atoms with E-state index in [1.165, 1.54) is 19.3 Å². The third kappa shape index (κ3) is 3.20. The Morgan fingerprint density at radius 1 is 1.47 bits per heavy atom. The minimum absolute atomic E-state index is 0.291. The van der Waals surface area contributed by atoms with Crippen molar-refractivity contribution in [2.75, 3.05) is 6.54 Å². The van der Waals surface area contributed by atoms with Crippen LogP contribution in [-0.4, -0.2) is 16.6 Å². The molecule has 0 amide bonds. The Bertz CT molecular complexity index is 334. The van der Waals surface area contributed by atoms with Crippen LogP contribution < -0.4 is 5.32 Å². The first-order chi connectivity index (χ1) is 7.25. The van der Waals surface area contributed by atoms with Crippen molar-refractivity contribution in [2.24, 2.45) is 5.92 Å². The second kappa shape index (κ2) is 4.62. The quantitative estimate of drug-likeness (QED) is 0.724. The maximum atomic E-state index is 9.55. The van der Waals surface area contributed by atoms with E-state index in [2.05, 4.69) is 10.3 Å². The maximum Gasteiger partial charge on any atom is 0.138 e. The van der Waals surface area contributed by atoms with Crippen LogP contribution in [0.2, 0.25) is 0 Å². The van der Waals surface area contributed by atoms with Crippen molar-refractivity contribution in [3.8, 4) is 5.75 Å². The molecule has 0 spiro atoms. The summed E-state index contributed by atoms with van der Waals surface area (Å²) in [5.41, 5.74) is 1.71. The van der Waals surface area contributed by atoms with Crippen LogP contribution in [0.5, 0.6) is 5.75 Å². The Morgan fingerprint density at radius 3 is 3.00 bits per heavy atom. The number of aromatic hydroxyl groups is 1. The first-order valence-electron chi connectivity index (χ1n) is 5.62. The van der Waals surface area contributed by atoms with E-state index in [1.54, 1.807) is 6.07 Å². The summed E-state index contributed by atoms with van der Waals surface area (Å²) in [6.45, 7) is 3.63. The number of aromatic nitrogens is 1. The molecule has 2 N–H and O–H groups in total. The SMILES string of the molecule is Cc1ccc(O)c(CNCCC2CC2)n1. The van der Waals surface area contributed by atoms with Crippen molar-refractivity contribution in [3.05, 3.63) is 23.5 Å². The number of nitrogens with zero attached hydrogens (tertiary/aromatic N) is 1. The zero-order chi connectivity index (χ0) is 10.7. The molecule has 1 aromatic heterocycles. The number of hydrogen-bond acceptors (Lipinski definition) is 3. The highest BCUT2D eigenvalue weighted by Crippen LogP contribution is 2.31. The molecule has 3 nitrogen and oxygen atoms in total. The highest BCUT2D eigenvalue weighted by molar-refractivity contribution is 5.27. The van der Waals surface area contributed by atoms with Crippen LogP contribution in [0.15, 0.2) is 12.1 Å². The maximum absolute atomic E-state index is 9.55. The summed E-state index contributed by atoms with van der Waals surface area (Å²) in [4.78, 5) is 4.29. The molecule has 82 valence electrons. The summed E-state index contributed by atoms with van der Waals surface area (Å²) in [5, 5.41) is 12.9. The Kier molecular flexibility index (Phi) is 3.21. The number of aryl methyl sites for hydroxylation is 1. The molecular formula is C12H18N2O. The molecule has 1 heterocycles. The number of pyridine rings is 1. The summed E-state index contributed by atoms with van der Waals surface area (Å²) >= 11 is 0. The molecule has 15 heavy (non-hydrogen) atoms. The van der Waals surface area contributed by atoms with Crippen LogP contribution in [0.4, 0.5) is 0 Å². The van der Waals surface area contributed by atoms with Gasteiger partial charge in [-0.05, 0) is 37.9 Å². The lowest BCUT2D eigenvalue weighted by molar-refractivity contribution is 0.458. The molecule has 0 aromatic carbocycles. The Labute approximate surface area is 90.5 Å². The second-order valence-electron chi connectivity index (χ2n) is 4.33. The summed E-state index contributed by atoms with van der Waals surface area (Å²) in [7, 11) is 0. The normalized spacial score (nSPS) is 15.5. The van der Waals surface area contributed by atoms with Gasteiger partial charge in [0.15, 0.2) is 0 Å². The van der Waals surface area contributed by atoms with Gasteiger partial charge in [-0.3, -0.25) is 4.98 Å². The van der Waals surface area contributed by atoms with Gasteiger partial charge in [0.05, 0.1) is 5.69 Å². The molecule has 2 rings (SSSR count). The third-order valence-corrected chi connectivity index (χ3v) is 2.81. The van der Waals surface area contributed by atoms with Gasteiger partial charge in [-0.25, -0.2) is 0 Å². The minimum Gasteiger partial charge on any atom is -0.506 e. The molecule has 1 saturated carbocycles. The van der Waals surface area contributed by atoms with Gasteiger partial charge in [-0.1, -0.05) is 12.8 Å². The molecule has 1 aliphatic rings. The van der Waals surface area contributed by atoms with Gasteiger partial charge < -0.3 is 10.4 Å². The van der Waals surface area contributed by atoms with Crippen molar-refractivity contribution in [2.45, 2.75) is 32.7 Å². The number of hydrogen-bond donors (Lipinski definition) is 2. The lowest BCUT2D eigenvalue weighted by Gasteiger charge is -2.06. The van der Waals surface area contributed by atoms with Gasteiger partial charge in [-0.15, -0.1) is 0 Å². The van der Waals surface area contributed by atoms with Crippen LogP contribution in [0, 0.1) is 12.8 Å². The van der Waals surface area contributed by atoms with Crippen molar-refractivity contribution >= 4 is 0 Å². The van der Waals surface area contributed by atoms with E-state index in [0.717, 1.165) is 23.9 Å². The highest BCUT2D eigenvalue weighted by Gasteiger charge is 2.19. The largest absolute Gasteiger partial charge is 0.506 e. The number of rotatable bonds is 5. The average molecular weight is 206 g/mol. The van der Waals surface area contributed by atoms with Crippen molar-refractivity contribution in [3.63, 3.8) is 0 Å². The molecule has 0 saturated heterocycles. The minimum atomic E-state index is 0.291. The van der Waals surface area contributed by atoms with Crippen LogP contribution in [0.25, 0.3) is 0 Å². The van der Waals surface area contributed by atoms with E-state index in [4.69, 9.17) is 0 Å². The fraction of sp³-hybridized carbons (Fsp3) is 0.583. The van der Waals surface area contributed by atoms with E-state index in [-0.39, 0.29) is 0 Å². The van der Waals surface area contributed by atoms with Crippen molar-refractivity contribution in [1.82, 2.24) is 10.3 Å². The summed E-state index contributed by atoms with van der Waals surface area (Å²) < 4.78 is 0. The van der Waals surface area contributed by atoms with E-state index >= 15 is 0 Å². The van der Waals surface area contributed by atoms with Crippen LogP contribution in [0.3, 0.4) is 0 Å². The molecule has 3 heteroatoms. The van der Waals surface area contributed by atoms with Gasteiger partial charge in [0.25, 0.3) is 0 Å². The summed E-state index contributed by atoms with van der Waals surface area (Å²) in [6.07, 6.45) is 4.05. The van der Waals surface area contributed by atoms with Gasteiger partial charge in [-0.2, -0.15) is 0 Å². The van der Waals surface area contributed by atoms with Crippen LogP contribution in [-0.2, 0) is 6.54 Å². The second-order valence-corrected chi connectivity index (χ2v) is 4.33. The average Bonchev–Trinajstić information content (AvgIpc) is 3.01. The molecule has 1 fully saturated rings. The first-order valence-corrected chi connectivity index (χ1v) is 5.62. The van der Waals surface area contributed by atoms with E-state index in [1.807, 2.05) is 13.0 Å². The van der Waals surface area contributed by atoms with Crippen LogP contribution in [0.1, 0.15) is 30.7 Å². The fourth-order valence-corrected chi connectivity index (χ4v) is 1.65. The molecule has 0 atom stereocenters. The van der Waals surface area contributed by atoms with Crippen LogP contribution >= 0.6 is 0 Å². The zero-order valence-electron chi connectivity index (χ0n) is 9.16. The van der Waals surface area contributed by atoms with E-state index in [0.29, 0.717) is 12.3 Å². The molecule has 0 unspecified atom stereocenters. The lowest BCUT2D eigenvalue weighted by Crippen LogP contribution is -2.16. The predicted octanol–water partition coefficient (Wildman–Crippen LogP) is 1.99. The molecule has 1 aliphatic carbocycles. The smallest absolute Gasteiger partial charge is 0.138 e. The van der Waals surface area contributed by atoms with E-state index in [9.17, 15) is 5.11 Å². The Balaban J connectivity index is 1.78. The summed E-state index contributed by atoms with van der Waals surface area (Å²) in [5.74, 6) is 1.25. The van der Waals surface area contributed by atoms with Gasteiger partial charge in [0.1, 0.15) is 5.75 Å². The monoisotopic (exact) mass is 206 g/mol. The molecule has 1 aromatic rings. The van der Waals surface area contributed by atoms with Gasteiger partial charge >= 0.3 is 0 Å². The van der Waals surface area contributed by atoms with Crippen molar-refractivity contribution in [1.29, 1.82) is 0 Å². The Hall–Kier alpha value is -1.09. The van der Waals surface area contributed by atoms with Gasteiger partial charge in [0.2, 0.25) is 0 Å². The predicted molar refractivity (Wildman–Crippen MR) is 59.7 cm³/mol. The van der Waals surface area contributed by atoms with E-state index < -0.39 is 0 Å². The molecule has 0 aliphatic heterocycles. The van der Waals surface area contributed by atoms with Crippen molar-refractivity contribution < 1.29 is 5.11 Å². The first kappa shape index (κ1) is 10.4. The molecule has 0 radical (unpaired) electrons. The molecular weight excluding hydrogens is 188 g/mol. The third-order valence-electron chi connectivity index (χ3n) is 2.81. The summed E-state index contributed by atoms with van der Waals surface area (Å²) in [6, 6.07) is 3.53.